The van der Waals surface area contributed by atoms with E-state index in [-0.39, 0.29) is 0 Å². The highest BCUT2D eigenvalue weighted by Crippen LogP contribution is 2.14. The summed E-state index contributed by atoms with van der Waals surface area (Å²) in [5, 5.41) is 1.17. The molecule has 1 atom stereocenters. The normalized spacial score (nSPS) is 14.4. The molecule has 0 aromatic rings. The molecule has 0 aromatic heterocycles. The fourth-order valence-corrected chi connectivity index (χ4v) is 3.34. The summed E-state index contributed by atoms with van der Waals surface area (Å²) in [5.74, 6) is 0. The molecule has 0 aliphatic carbocycles. The number of halogens is 1. The van der Waals surface area contributed by atoms with E-state index in [0.29, 0.717) is 0 Å². The third-order valence-electron chi connectivity index (χ3n) is 4.43. The Hall–Kier alpha value is 0.440. The Morgan fingerprint density at radius 2 is 1.00 bits per heavy atom. The van der Waals surface area contributed by atoms with Crippen LogP contribution in [0.2, 0.25) is 0 Å². The zero-order valence-electron chi connectivity index (χ0n) is 14.4. The zero-order valence-corrected chi connectivity index (χ0v) is 16.0. The van der Waals surface area contributed by atoms with Gasteiger partial charge in [0.05, 0.1) is 26.7 Å². The third kappa shape index (κ3) is 12.2. The summed E-state index contributed by atoms with van der Waals surface area (Å²) in [6.45, 7) is 8.78. The molecule has 1 nitrogen and oxygen atoms in total. The lowest BCUT2D eigenvalue weighted by Crippen LogP contribution is -2.46. The average molecular weight is 349 g/mol. The molecular weight excluding hydrogens is 310 g/mol. The molecule has 0 amide bonds. The number of nitrogens with zero attached hydrogens (tertiary/aromatic N) is 1. The van der Waals surface area contributed by atoms with Gasteiger partial charge in [-0.2, -0.15) is 0 Å². The highest BCUT2D eigenvalue weighted by atomic mass is 79.9. The van der Waals surface area contributed by atoms with Crippen LogP contribution in [0.25, 0.3) is 0 Å². The van der Waals surface area contributed by atoms with Crippen LogP contribution in [0.3, 0.4) is 0 Å². The Kier molecular flexibility index (Phi) is 14.7. The molecule has 0 aromatic carbocycles. The average Bonchev–Trinajstić information content (AvgIpc) is 2.43. The molecule has 1 unspecified atom stereocenters. The summed E-state index contributed by atoms with van der Waals surface area (Å²) in [7, 11) is 2.50. The lowest BCUT2D eigenvalue weighted by atomic mass is 10.1. The van der Waals surface area contributed by atoms with Gasteiger partial charge in [-0.25, -0.2) is 0 Å². The van der Waals surface area contributed by atoms with E-state index < -0.39 is 0 Å². The predicted octanol–water partition coefficient (Wildman–Crippen LogP) is 6.16. The number of quaternary nitrogens is 1. The second-order valence-corrected chi connectivity index (χ2v) is 7.45. The van der Waals surface area contributed by atoms with E-state index in [9.17, 15) is 0 Å². The van der Waals surface area contributed by atoms with E-state index in [1.807, 2.05) is 0 Å². The van der Waals surface area contributed by atoms with Crippen molar-refractivity contribution in [2.75, 3.05) is 32.0 Å². The summed E-state index contributed by atoms with van der Waals surface area (Å²) in [6.07, 6.45) is 15.4. The van der Waals surface area contributed by atoms with Crippen LogP contribution in [-0.2, 0) is 0 Å². The first-order chi connectivity index (χ1) is 9.68. The van der Waals surface area contributed by atoms with Crippen molar-refractivity contribution < 1.29 is 4.48 Å². The second kappa shape index (κ2) is 14.4. The minimum Gasteiger partial charge on any atom is -0.326 e. The molecule has 20 heavy (non-hydrogen) atoms. The Morgan fingerprint density at radius 3 is 1.55 bits per heavy atom. The van der Waals surface area contributed by atoms with Gasteiger partial charge in [0.15, 0.2) is 0 Å². The predicted molar refractivity (Wildman–Crippen MR) is 96.7 cm³/mol. The molecule has 0 fully saturated rings. The van der Waals surface area contributed by atoms with Gasteiger partial charge in [0.2, 0.25) is 0 Å². The first kappa shape index (κ1) is 20.4. The zero-order chi connectivity index (χ0) is 15.1. The number of hydrogen-bond donors (Lipinski definition) is 0. The van der Waals surface area contributed by atoms with Crippen LogP contribution >= 0.6 is 15.9 Å². The second-order valence-electron chi connectivity index (χ2n) is 6.66. The van der Waals surface area contributed by atoms with E-state index in [2.05, 4.69) is 36.8 Å². The summed E-state index contributed by atoms with van der Waals surface area (Å²) in [5.41, 5.74) is 0. The van der Waals surface area contributed by atoms with Gasteiger partial charge in [0.25, 0.3) is 0 Å². The lowest BCUT2D eigenvalue weighted by molar-refractivity contribution is -0.910. The molecular formula is C18H39BrN+. The van der Waals surface area contributed by atoms with Crippen molar-refractivity contribution in [3.8, 4) is 0 Å². The standard InChI is InChI=1S/C18H39BrN/c1-4-6-8-9-10-13-17-20(3,16-12-7-5-2)18-14-11-15-19/h4-18H2,1-3H3/q+1. The molecule has 0 bridgehead atoms. The quantitative estimate of drug-likeness (QED) is 0.189. The highest BCUT2D eigenvalue weighted by Gasteiger charge is 2.19. The molecule has 122 valence electrons. The van der Waals surface area contributed by atoms with Crippen LogP contribution in [0, 0.1) is 0 Å². The largest absolute Gasteiger partial charge is 0.326 e. The van der Waals surface area contributed by atoms with Gasteiger partial charge < -0.3 is 4.48 Å². The van der Waals surface area contributed by atoms with Crippen molar-refractivity contribution in [3.05, 3.63) is 0 Å². The van der Waals surface area contributed by atoms with Gasteiger partial charge in [-0.3, -0.25) is 0 Å². The van der Waals surface area contributed by atoms with Crippen LogP contribution in [-0.4, -0.2) is 36.5 Å². The van der Waals surface area contributed by atoms with Crippen molar-refractivity contribution >= 4 is 15.9 Å². The Labute approximate surface area is 137 Å². The van der Waals surface area contributed by atoms with Crippen LogP contribution < -0.4 is 0 Å². The smallest absolute Gasteiger partial charge is 0.0784 e. The molecule has 0 aliphatic heterocycles. The molecule has 2 heteroatoms. The number of alkyl halides is 1. The van der Waals surface area contributed by atoms with Gasteiger partial charge in [-0.1, -0.05) is 61.9 Å². The molecule has 0 saturated carbocycles. The summed E-state index contributed by atoms with van der Waals surface area (Å²) in [4.78, 5) is 0. The van der Waals surface area contributed by atoms with E-state index in [1.165, 1.54) is 100 Å². The molecule has 0 rings (SSSR count). The minimum absolute atomic E-state index is 1.17. The molecule has 0 aliphatic rings. The first-order valence-electron chi connectivity index (χ1n) is 9.08. The molecule has 0 saturated heterocycles. The van der Waals surface area contributed by atoms with E-state index in [0.717, 1.165) is 0 Å². The third-order valence-corrected chi connectivity index (χ3v) is 5.00. The van der Waals surface area contributed by atoms with Crippen LogP contribution in [0.15, 0.2) is 0 Å². The fourth-order valence-electron chi connectivity index (χ4n) is 2.94. The Bertz CT molecular complexity index is 184. The van der Waals surface area contributed by atoms with E-state index in [4.69, 9.17) is 0 Å². The van der Waals surface area contributed by atoms with Crippen LogP contribution in [0.1, 0.15) is 84.5 Å². The van der Waals surface area contributed by atoms with E-state index >= 15 is 0 Å². The fraction of sp³-hybridized carbons (Fsp3) is 1.00. The minimum atomic E-state index is 1.17. The van der Waals surface area contributed by atoms with Crippen molar-refractivity contribution in [2.24, 2.45) is 0 Å². The maximum Gasteiger partial charge on any atom is 0.0784 e. The van der Waals surface area contributed by atoms with Crippen molar-refractivity contribution in [1.82, 2.24) is 0 Å². The van der Waals surface area contributed by atoms with Gasteiger partial charge in [0.1, 0.15) is 0 Å². The SMILES string of the molecule is CCCCCCCC[N+](C)(CCCCC)CCCCBr. The van der Waals surface area contributed by atoms with Crippen molar-refractivity contribution in [1.29, 1.82) is 0 Å². The van der Waals surface area contributed by atoms with Crippen molar-refractivity contribution in [3.63, 3.8) is 0 Å². The Morgan fingerprint density at radius 1 is 0.600 bits per heavy atom. The van der Waals surface area contributed by atoms with Gasteiger partial charge in [-0.05, 0) is 38.5 Å². The molecule has 0 spiro atoms. The maximum absolute atomic E-state index is 3.56. The van der Waals surface area contributed by atoms with Gasteiger partial charge >= 0.3 is 0 Å². The van der Waals surface area contributed by atoms with Crippen LogP contribution in [0.4, 0.5) is 0 Å². The highest BCUT2D eigenvalue weighted by molar-refractivity contribution is 9.09. The molecule has 0 heterocycles. The molecule has 0 radical (unpaired) electrons. The number of unbranched alkanes of at least 4 members (excludes halogenated alkanes) is 8. The number of rotatable bonds is 15. The monoisotopic (exact) mass is 348 g/mol. The van der Waals surface area contributed by atoms with Gasteiger partial charge in [0, 0.05) is 5.33 Å². The molecule has 0 N–H and O–H groups in total. The number of hydrogen-bond acceptors (Lipinski definition) is 0. The first-order valence-corrected chi connectivity index (χ1v) is 10.2. The lowest BCUT2D eigenvalue weighted by Gasteiger charge is -2.35. The van der Waals surface area contributed by atoms with Gasteiger partial charge in [-0.15, -0.1) is 0 Å². The van der Waals surface area contributed by atoms with Crippen LogP contribution in [0.5, 0.6) is 0 Å². The summed E-state index contributed by atoms with van der Waals surface area (Å²) in [6, 6.07) is 0. The maximum atomic E-state index is 3.56. The van der Waals surface area contributed by atoms with Crippen molar-refractivity contribution in [2.45, 2.75) is 84.5 Å². The topological polar surface area (TPSA) is 0 Å². The summed E-state index contributed by atoms with van der Waals surface area (Å²) < 4.78 is 1.32. The summed E-state index contributed by atoms with van der Waals surface area (Å²) >= 11 is 3.56. The Balaban J connectivity index is 3.89. The van der Waals surface area contributed by atoms with E-state index in [1.54, 1.807) is 0 Å².